The molecule has 0 aromatic rings. The van der Waals surface area contributed by atoms with Gasteiger partial charge < -0.3 is 14.6 Å². The maximum Gasteiger partial charge on any atom is 0.158 e. The zero-order valence-corrected chi connectivity index (χ0v) is 15.4. The van der Waals surface area contributed by atoms with Crippen LogP contribution < -0.4 is 0 Å². The van der Waals surface area contributed by atoms with E-state index < -0.39 is 8.07 Å². The zero-order chi connectivity index (χ0) is 15.7. The second-order valence-corrected chi connectivity index (χ2v) is 12.2. The Balaban J connectivity index is 2.53. The summed E-state index contributed by atoms with van der Waals surface area (Å²) in [4.78, 5) is 0. The van der Waals surface area contributed by atoms with E-state index >= 15 is 0 Å². The van der Waals surface area contributed by atoms with E-state index in [1.807, 2.05) is 0 Å². The van der Waals surface area contributed by atoms with Gasteiger partial charge >= 0.3 is 0 Å². The first-order valence-electron chi connectivity index (χ1n) is 8.55. The van der Waals surface area contributed by atoms with Gasteiger partial charge in [0.25, 0.3) is 0 Å². The molecule has 0 saturated carbocycles. The fraction of sp³-hybridized carbons (Fsp3) is 0.882. The fourth-order valence-corrected chi connectivity index (χ4v) is 3.98. The Morgan fingerprint density at radius 2 is 2.10 bits per heavy atom. The van der Waals surface area contributed by atoms with E-state index in [2.05, 4.69) is 32.3 Å². The van der Waals surface area contributed by atoms with E-state index in [-0.39, 0.29) is 12.4 Å². The highest BCUT2D eigenvalue weighted by Crippen LogP contribution is 2.19. The highest BCUT2D eigenvalue weighted by Gasteiger charge is 2.20. The topological polar surface area (TPSA) is 38.7 Å². The van der Waals surface area contributed by atoms with Crippen LogP contribution >= 0.6 is 0 Å². The maximum atomic E-state index is 10.5. The van der Waals surface area contributed by atoms with Crippen molar-refractivity contribution in [2.45, 2.75) is 83.9 Å². The number of rotatable bonds is 9. The molecular weight excluding hydrogens is 280 g/mol. The van der Waals surface area contributed by atoms with Gasteiger partial charge in [0.1, 0.15) is 0 Å². The molecule has 0 spiro atoms. The number of hydrogen-bond donors (Lipinski definition) is 1. The van der Waals surface area contributed by atoms with E-state index in [1.54, 1.807) is 0 Å². The van der Waals surface area contributed by atoms with Crippen molar-refractivity contribution < 1.29 is 14.6 Å². The molecule has 2 unspecified atom stereocenters. The predicted molar refractivity (Wildman–Crippen MR) is 91.1 cm³/mol. The Hall–Kier alpha value is -0.163. The molecule has 21 heavy (non-hydrogen) atoms. The number of ether oxygens (including phenoxy) is 2. The molecule has 1 N–H and O–H groups in total. The molecule has 4 heteroatoms. The van der Waals surface area contributed by atoms with Crippen molar-refractivity contribution in [1.29, 1.82) is 0 Å². The van der Waals surface area contributed by atoms with Crippen LogP contribution in [0.1, 0.15) is 51.9 Å². The lowest BCUT2D eigenvalue weighted by Crippen LogP contribution is -2.27. The van der Waals surface area contributed by atoms with E-state index in [0.29, 0.717) is 6.61 Å². The second-order valence-electron chi connectivity index (χ2n) is 7.20. The van der Waals surface area contributed by atoms with Crippen molar-refractivity contribution in [2.24, 2.45) is 0 Å². The molecule has 1 aliphatic rings. The lowest BCUT2D eigenvalue weighted by molar-refractivity contribution is -0.158. The summed E-state index contributed by atoms with van der Waals surface area (Å²) >= 11 is 0. The summed E-state index contributed by atoms with van der Waals surface area (Å²) in [5.41, 5.74) is 3.37. The van der Waals surface area contributed by atoms with Crippen LogP contribution in [-0.2, 0) is 9.47 Å². The van der Waals surface area contributed by atoms with Crippen LogP contribution in [-0.4, -0.2) is 38.8 Å². The van der Waals surface area contributed by atoms with E-state index in [0.717, 1.165) is 37.9 Å². The lowest BCUT2D eigenvalue weighted by atomic mass is 10.1. The van der Waals surface area contributed by atoms with Crippen molar-refractivity contribution in [3.63, 3.8) is 0 Å². The molecule has 1 fully saturated rings. The van der Waals surface area contributed by atoms with Gasteiger partial charge in [-0.05, 0) is 31.3 Å². The van der Waals surface area contributed by atoms with Crippen molar-refractivity contribution in [1.82, 2.24) is 0 Å². The van der Waals surface area contributed by atoms with Crippen LogP contribution in [0.15, 0.2) is 11.3 Å². The van der Waals surface area contributed by atoms with E-state index in [4.69, 9.17) is 9.47 Å². The van der Waals surface area contributed by atoms with Gasteiger partial charge in [-0.25, -0.2) is 0 Å². The molecule has 0 bridgehead atoms. The normalized spacial score (nSPS) is 22.3. The molecule has 0 aromatic carbocycles. The van der Waals surface area contributed by atoms with Gasteiger partial charge in [0.2, 0.25) is 0 Å². The predicted octanol–water partition coefficient (Wildman–Crippen LogP) is 4.27. The second kappa shape index (κ2) is 9.77. The zero-order valence-electron chi connectivity index (χ0n) is 14.4. The summed E-state index contributed by atoms with van der Waals surface area (Å²) < 4.78 is 11.5. The summed E-state index contributed by atoms with van der Waals surface area (Å²) in [5, 5.41) is 10.5. The van der Waals surface area contributed by atoms with Crippen molar-refractivity contribution in [2.75, 3.05) is 13.2 Å². The van der Waals surface area contributed by atoms with Gasteiger partial charge in [0.05, 0.1) is 20.8 Å². The molecule has 0 aliphatic carbocycles. The molecule has 0 radical (unpaired) electrons. The third kappa shape index (κ3) is 8.76. The van der Waals surface area contributed by atoms with Gasteiger partial charge in [-0.1, -0.05) is 51.5 Å². The van der Waals surface area contributed by atoms with Crippen LogP contribution in [0, 0.1) is 0 Å². The Bertz CT molecular complexity index is 304. The fourth-order valence-electron chi connectivity index (χ4n) is 2.60. The first kappa shape index (κ1) is 18.9. The highest BCUT2D eigenvalue weighted by atomic mass is 28.3. The highest BCUT2D eigenvalue weighted by molar-refractivity contribution is 6.81. The van der Waals surface area contributed by atoms with Gasteiger partial charge in [0, 0.05) is 6.61 Å². The van der Waals surface area contributed by atoms with Crippen LogP contribution in [0.5, 0.6) is 0 Å². The monoisotopic (exact) mass is 314 g/mol. The third-order valence-electron chi connectivity index (χ3n) is 3.70. The Labute approximate surface area is 131 Å². The van der Waals surface area contributed by atoms with Gasteiger partial charge in [-0.3, -0.25) is 0 Å². The quantitative estimate of drug-likeness (QED) is 0.510. The summed E-state index contributed by atoms with van der Waals surface area (Å²) in [6, 6.07) is 0. The molecule has 1 aliphatic heterocycles. The Kier molecular flexibility index (Phi) is 8.79. The molecule has 1 heterocycles. The summed E-state index contributed by atoms with van der Waals surface area (Å²) in [6.45, 7) is 10.4. The first-order valence-corrected chi connectivity index (χ1v) is 12.1. The number of aliphatic hydroxyl groups is 1. The molecule has 0 aromatic heterocycles. The number of aliphatic hydroxyl groups excluding tert-OH is 1. The average molecular weight is 315 g/mol. The number of unbranched alkanes of at least 4 members (excludes halogenated alkanes) is 2. The Morgan fingerprint density at radius 3 is 2.67 bits per heavy atom. The molecule has 0 amide bonds. The van der Waals surface area contributed by atoms with Crippen molar-refractivity contribution in [3.05, 3.63) is 11.3 Å². The SMILES string of the molecule is CCCCCC(O)/C(=C/[Si](C)(C)C)COC1CCCCO1. The molecule has 124 valence electrons. The van der Waals surface area contributed by atoms with Gasteiger partial charge in [-0.2, -0.15) is 0 Å². The molecule has 1 rings (SSSR count). The molecule has 1 saturated heterocycles. The molecular formula is C17H34O3Si. The van der Waals surface area contributed by atoms with Crippen LogP contribution in [0.25, 0.3) is 0 Å². The summed E-state index contributed by atoms with van der Waals surface area (Å²) in [5.74, 6) is 0. The van der Waals surface area contributed by atoms with E-state index in [9.17, 15) is 5.11 Å². The van der Waals surface area contributed by atoms with E-state index in [1.165, 1.54) is 19.3 Å². The van der Waals surface area contributed by atoms with Crippen LogP contribution in [0.3, 0.4) is 0 Å². The molecule has 3 nitrogen and oxygen atoms in total. The average Bonchev–Trinajstić information content (AvgIpc) is 2.43. The van der Waals surface area contributed by atoms with Crippen LogP contribution in [0.4, 0.5) is 0 Å². The minimum Gasteiger partial charge on any atom is -0.389 e. The number of hydrogen-bond acceptors (Lipinski definition) is 3. The van der Waals surface area contributed by atoms with Crippen LogP contribution in [0.2, 0.25) is 19.6 Å². The minimum atomic E-state index is -1.36. The third-order valence-corrected chi connectivity index (χ3v) is 4.94. The van der Waals surface area contributed by atoms with Gasteiger partial charge in [-0.15, -0.1) is 0 Å². The maximum absolute atomic E-state index is 10.5. The smallest absolute Gasteiger partial charge is 0.158 e. The largest absolute Gasteiger partial charge is 0.389 e. The van der Waals surface area contributed by atoms with Gasteiger partial charge in [0.15, 0.2) is 6.29 Å². The minimum absolute atomic E-state index is 0.0772. The lowest BCUT2D eigenvalue weighted by Gasteiger charge is -2.25. The summed E-state index contributed by atoms with van der Waals surface area (Å²) in [7, 11) is -1.36. The standard InChI is InChI=1S/C17H34O3Si/c1-5-6-7-10-16(18)15(14-21(2,3)4)13-20-17-11-8-9-12-19-17/h14,16-18H,5-13H2,1-4H3/b15-14+. The first-order chi connectivity index (χ1) is 9.92. The van der Waals surface area contributed by atoms with Crippen molar-refractivity contribution in [3.8, 4) is 0 Å². The Morgan fingerprint density at radius 1 is 1.33 bits per heavy atom. The summed E-state index contributed by atoms with van der Waals surface area (Å²) in [6.07, 6.45) is 7.16. The molecule has 2 atom stereocenters. The van der Waals surface area contributed by atoms with Crippen molar-refractivity contribution >= 4 is 8.07 Å².